The van der Waals surface area contributed by atoms with Gasteiger partial charge in [0.2, 0.25) is 0 Å². The topological polar surface area (TPSA) is 54.5 Å². The number of nitrogens with zero attached hydrogens (tertiary/aromatic N) is 4. The summed E-state index contributed by atoms with van der Waals surface area (Å²) in [6, 6.07) is 7.97. The van der Waals surface area contributed by atoms with Crippen LogP contribution in [0.25, 0.3) is 11.3 Å². The first-order valence-corrected chi connectivity index (χ1v) is 5.35. The van der Waals surface area contributed by atoms with E-state index >= 15 is 0 Å². The Morgan fingerprint density at radius 3 is 2.94 bits per heavy atom. The van der Waals surface area contributed by atoms with E-state index in [4.69, 9.17) is 5.26 Å². The average molecular weight is 242 g/mol. The molecule has 0 amide bonds. The Bertz CT molecular complexity index is 637. The van der Waals surface area contributed by atoms with Crippen LogP contribution in [0.2, 0.25) is 0 Å². The van der Waals surface area contributed by atoms with Gasteiger partial charge in [-0.25, -0.2) is 9.07 Å². The summed E-state index contributed by atoms with van der Waals surface area (Å²) in [6.45, 7) is 6.09. The Kier molecular flexibility index (Phi) is 3.20. The maximum Gasteiger partial charge on any atom is 0.190 e. The second-order valence-corrected chi connectivity index (χ2v) is 4.02. The maximum atomic E-state index is 13.2. The highest BCUT2D eigenvalue weighted by atomic mass is 19.1. The molecule has 4 nitrogen and oxygen atoms in total. The van der Waals surface area contributed by atoms with Gasteiger partial charge in [-0.2, -0.15) is 5.26 Å². The van der Waals surface area contributed by atoms with Crippen LogP contribution in [0.3, 0.4) is 0 Å². The van der Waals surface area contributed by atoms with Crippen LogP contribution in [0.1, 0.15) is 12.6 Å². The lowest BCUT2D eigenvalue weighted by atomic mass is 10.1. The second kappa shape index (κ2) is 4.80. The van der Waals surface area contributed by atoms with Gasteiger partial charge in [-0.05, 0) is 19.1 Å². The van der Waals surface area contributed by atoms with Crippen molar-refractivity contribution >= 4 is 0 Å². The normalized spacial score (nSPS) is 10.1. The van der Waals surface area contributed by atoms with Gasteiger partial charge >= 0.3 is 0 Å². The average Bonchev–Trinajstić information content (AvgIpc) is 2.71. The van der Waals surface area contributed by atoms with E-state index in [9.17, 15) is 4.39 Å². The molecule has 0 radical (unpaired) electrons. The van der Waals surface area contributed by atoms with Gasteiger partial charge in [-0.3, -0.25) is 0 Å². The Hall–Kier alpha value is -2.48. The van der Waals surface area contributed by atoms with Crippen molar-refractivity contribution in [3.8, 4) is 17.3 Å². The van der Waals surface area contributed by atoms with Crippen LogP contribution < -0.4 is 0 Å². The van der Waals surface area contributed by atoms with Gasteiger partial charge < -0.3 is 0 Å². The molecule has 2 aromatic rings. The third kappa shape index (κ3) is 2.28. The van der Waals surface area contributed by atoms with Crippen molar-refractivity contribution in [1.82, 2.24) is 15.0 Å². The molecule has 1 aromatic heterocycles. The number of halogens is 1. The van der Waals surface area contributed by atoms with Crippen molar-refractivity contribution in [1.29, 1.82) is 5.26 Å². The van der Waals surface area contributed by atoms with Crippen LogP contribution in [-0.2, 0) is 6.54 Å². The summed E-state index contributed by atoms with van der Waals surface area (Å²) >= 11 is 0. The summed E-state index contributed by atoms with van der Waals surface area (Å²) in [5, 5.41) is 16.7. The van der Waals surface area contributed by atoms with Crippen LogP contribution in [0.15, 0.2) is 36.4 Å². The first-order chi connectivity index (χ1) is 8.61. The van der Waals surface area contributed by atoms with Gasteiger partial charge in [0.15, 0.2) is 5.69 Å². The molecule has 0 aliphatic heterocycles. The molecule has 18 heavy (non-hydrogen) atoms. The Balaban J connectivity index is 2.57. The predicted molar refractivity (Wildman–Crippen MR) is 64.9 cm³/mol. The fourth-order valence-corrected chi connectivity index (χ4v) is 1.68. The molecule has 0 saturated heterocycles. The standard InChI is InChI=1S/C13H11FN4/c1-9(2)8-18-13(12(7-15)16-17-18)10-4-3-5-11(14)6-10/h3-6H,1,8H2,2H3. The van der Waals surface area contributed by atoms with Crippen LogP contribution in [0.5, 0.6) is 0 Å². The van der Waals surface area contributed by atoms with Crippen LogP contribution in [0, 0.1) is 17.1 Å². The van der Waals surface area contributed by atoms with Crippen LogP contribution >= 0.6 is 0 Å². The first kappa shape index (κ1) is 12.0. The number of aromatic nitrogens is 3. The minimum atomic E-state index is -0.362. The van der Waals surface area contributed by atoms with Crippen LogP contribution in [0.4, 0.5) is 4.39 Å². The van der Waals surface area contributed by atoms with E-state index in [2.05, 4.69) is 16.9 Å². The molecular formula is C13H11FN4. The molecule has 0 bridgehead atoms. The highest BCUT2D eigenvalue weighted by Crippen LogP contribution is 2.23. The second-order valence-electron chi connectivity index (χ2n) is 4.02. The van der Waals surface area contributed by atoms with E-state index < -0.39 is 0 Å². The summed E-state index contributed by atoms with van der Waals surface area (Å²) in [7, 11) is 0. The fourth-order valence-electron chi connectivity index (χ4n) is 1.68. The minimum Gasteiger partial charge on any atom is -0.239 e. The van der Waals surface area contributed by atoms with Crippen molar-refractivity contribution < 1.29 is 4.39 Å². The van der Waals surface area contributed by atoms with E-state index in [0.717, 1.165) is 5.57 Å². The number of benzene rings is 1. The third-order valence-electron chi connectivity index (χ3n) is 2.36. The number of allylic oxidation sites excluding steroid dienone is 1. The molecule has 2 rings (SSSR count). The quantitative estimate of drug-likeness (QED) is 0.777. The Morgan fingerprint density at radius 2 is 2.33 bits per heavy atom. The van der Waals surface area contributed by atoms with E-state index in [1.807, 2.05) is 13.0 Å². The molecule has 90 valence electrons. The highest BCUT2D eigenvalue weighted by molar-refractivity contribution is 5.64. The van der Waals surface area contributed by atoms with Crippen LogP contribution in [-0.4, -0.2) is 15.0 Å². The zero-order valence-corrected chi connectivity index (χ0v) is 9.89. The van der Waals surface area contributed by atoms with E-state index in [1.54, 1.807) is 16.8 Å². The van der Waals surface area contributed by atoms with E-state index in [1.165, 1.54) is 12.1 Å². The molecule has 5 heteroatoms. The van der Waals surface area contributed by atoms with Gasteiger partial charge in [-0.1, -0.05) is 29.5 Å². The smallest absolute Gasteiger partial charge is 0.190 e. The Labute approximate surface area is 104 Å². The predicted octanol–water partition coefficient (Wildman–Crippen LogP) is 2.53. The molecule has 1 heterocycles. The van der Waals surface area contributed by atoms with Crippen molar-refractivity contribution in [3.63, 3.8) is 0 Å². The van der Waals surface area contributed by atoms with Crippen molar-refractivity contribution in [2.45, 2.75) is 13.5 Å². The molecule has 0 spiro atoms. The SMILES string of the molecule is C=C(C)Cn1nnc(C#N)c1-c1cccc(F)c1. The molecule has 0 aliphatic carbocycles. The summed E-state index contributed by atoms with van der Waals surface area (Å²) in [4.78, 5) is 0. The van der Waals surface area contributed by atoms with Gasteiger partial charge in [0, 0.05) is 5.56 Å². The number of hydrogen-bond acceptors (Lipinski definition) is 3. The van der Waals surface area contributed by atoms with Crippen molar-refractivity contribution in [2.24, 2.45) is 0 Å². The maximum absolute atomic E-state index is 13.2. The van der Waals surface area contributed by atoms with Gasteiger partial charge in [0.05, 0.1) is 6.54 Å². The lowest BCUT2D eigenvalue weighted by molar-refractivity contribution is 0.626. The summed E-state index contributed by atoms with van der Waals surface area (Å²) in [6.07, 6.45) is 0. The molecule has 0 atom stereocenters. The molecule has 1 aromatic carbocycles. The molecule has 0 aliphatic rings. The monoisotopic (exact) mass is 242 g/mol. The number of nitriles is 1. The zero-order chi connectivity index (χ0) is 13.1. The largest absolute Gasteiger partial charge is 0.239 e. The molecule has 0 fully saturated rings. The number of hydrogen-bond donors (Lipinski definition) is 0. The highest BCUT2D eigenvalue weighted by Gasteiger charge is 2.15. The van der Waals surface area contributed by atoms with Gasteiger partial charge in [0.25, 0.3) is 0 Å². The van der Waals surface area contributed by atoms with Gasteiger partial charge in [-0.15, -0.1) is 5.10 Å². The number of rotatable bonds is 3. The summed E-state index contributed by atoms with van der Waals surface area (Å²) in [5.74, 6) is -0.362. The first-order valence-electron chi connectivity index (χ1n) is 5.35. The molecule has 0 unspecified atom stereocenters. The van der Waals surface area contributed by atoms with Crippen molar-refractivity contribution in [3.05, 3.63) is 47.9 Å². The van der Waals surface area contributed by atoms with Crippen molar-refractivity contribution in [2.75, 3.05) is 0 Å². The molecular weight excluding hydrogens is 231 g/mol. The minimum absolute atomic E-state index is 0.182. The Morgan fingerprint density at radius 1 is 1.56 bits per heavy atom. The third-order valence-corrected chi connectivity index (χ3v) is 2.36. The fraction of sp³-hybridized carbons (Fsp3) is 0.154. The zero-order valence-electron chi connectivity index (χ0n) is 9.89. The molecule has 0 saturated carbocycles. The van der Waals surface area contributed by atoms with E-state index in [-0.39, 0.29) is 11.5 Å². The molecule has 0 N–H and O–H groups in total. The lowest BCUT2D eigenvalue weighted by Crippen LogP contribution is -2.03. The van der Waals surface area contributed by atoms with E-state index in [0.29, 0.717) is 17.8 Å². The lowest BCUT2D eigenvalue weighted by Gasteiger charge is -2.06. The summed E-state index contributed by atoms with van der Waals surface area (Å²) in [5.41, 5.74) is 2.15. The summed E-state index contributed by atoms with van der Waals surface area (Å²) < 4.78 is 14.8. The van der Waals surface area contributed by atoms with Gasteiger partial charge in [0.1, 0.15) is 17.6 Å².